The molecular weight excluding hydrogens is 272 g/mol. The average molecular weight is 292 g/mol. The highest BCUT2D eigenvalue weighted by Gasteiger charge is 2.34. The number of anilines is 1. The molecule has 1 fully saturated rings. The minimum absolute atomic E-state index is 0.0655. The predicted octanol–water partition coefficient (Wildman–Crippen LogP) is 1.34. The number of amides is 1. The summed E-state index contributed by atoms with van der Waals surface area (Å²) in [5.41, 5.74) is 5.56. The SMILES string of the molecule is CN1CCN(C(=O)c2cccc([N+](=O)[O-])c2N)CC1(C)C. The van der Waals surface area contributed by atoms with E-state index < -0.39 is 4.92 Å². The van der Waals surface area contributed by atoms with Gasteiger partial charge in [0.1, 0.15) is 5.69 Å². The second-order valence-electron chi connectivity index (χ2n) is 5.96. The molecule has 114 valence electrons. The molecule has 0 spiro atoms. The normalized spacial score (nSPS) is 18.5. The lowest BCUT2D eigenvalue weighted by Gasteiger charge is -2.45. The summed E-state index contributed by atoms with van der Waals surface area (Å²) in [6.45, 7) is 6.02. The van der Waals surface area contributed by atoms with Crippen molar-refractivity contribution in [3.05, 3.63) is 33.9 Å². The summed E-state index contributed by atoms with van der Waals surface area (Å²) in [7, 11) is 2.02. The number of likely N-dealkylation sites (N-methyl/N-ethyl adjacent to an activating group) is 1. The van der Waals surface area contributed by atoms with E-state index in [1.165, 1.54) is 18.2 Å². The fourth-order valence-corrected chi connectivity index (χ4v) is 2.48. The fraction of sp³-hybridized carbons (Fsp3) is 0.500. The van der Waals surface area contributed by atoms with Crippen LogP contribution in [0.15, 0.2) is 18.2 Å². The molecule has 0 saturated carbocycles. The zero-order chi connectivity index (χ0) is 15.8. The molecule has 1 aliphatic heterocycles. The van der Waals surface area contributed by atoms with Crippen LogP contribution in [0.1, 0.15) is 24.2 Å². The zero-order valence-corrected chi connectivity index (χ0v) is 12.5. The van der Waals surface area contributed by atoms with Gasteiger partial charge in [-0.3, -0.25) is 19.8 Å². The Morgan fingerprint density at radius 3 is 2.62 bits per heavy atom. The van der Waals surface area contributed by atoms with Crippen molar-refractivity contribution in [3.63, 3.8) is 0 Å². The molecule has 1 heterocycles. The first-order chi connectivity index (χ1) is 9.74. The Hall–Kier alpha value is -2.15. The number of piperazine rings is 1. The van der Waals surface area contributed by atoms with Gasteiger partial charge in [0, 0.05) is 31.2 Å². The number of nitrogen functional groups attached to an aromatic ring is 1. The van der Waals surface area contributed by atoms with Crippen molar-refractivity contribution < 1.29 is 9.72 Å². The number of nitro benzene ring substituents is 1. The molecule has 0 radical (unpaired) electrons. The number of carbonyl (C=O) groups excluding carboxylic acids is 1. The first kappa shape index (κ1) is 15.2. The first-order valence-electron chi connectivity index (χ1n) is 6.77. The lowest BCUT2D eigenvalue weighted by molar-refractivity contribution is -0.383. The number of hydrogen-bond donors (Lipinski definition) is 1. The van der Waals surface area contributed by atoms with E-state index in [0.717, 1.165) is 6.54 Å². The van der Waals surface area contributed by atoms with Crippen molar-refractivity contribution in [2.45, 2.75) is 19.4 Å². The van der Waals surface area contributed by atoms with E-state index in [1.807, 2.05) is 7.05 Å². The van der Waals surface area contributed by atoms with E-state index in [1.54, 1.807) is 4.90 Å². The first-order valence-corrected chi connectivity index (χ1v) is 6.77. The predicted molar refractivity (Wildman–Crippen MR) is 80.1 cm³/mol. The van der Waals surface area contributed by atoms with Crippen molar-refractivity contribution >= 4 is 17.3 Å². The Bertz CT molecular complexity index is 586. The van der Waals surface area contributed by atoms with Gasteiger partial charge in [-0.05, 0) is 27.0 Å². The molecule has 1 aromatic carbocycles. The number of nitrogens with zero attached hydrogens (tertiary/aromatic N) is 3. The summed E-state index contributed by atoms with van der Waals surface area (Å²) in [4.78, 5) is 26.8. The van der Waals surface area contributed by atoms with Gasteiger partial charge in [-0.1, -0.05) is 6.07 Å². The van der Waals surface area contributed by atoms with Gasteiger partial charge >= 0.3 is 0 Å². The number of rotatable bonds is 2. The number of benzene rings is 1. The number of nitrogens with two attached hydrogens (primary N) is 1. The second-order valence-corrected chi connectivity index (χ2v) is 5.96. The Balaban J connectivity index is 2.29. The zero-order valence-electron chi connectivity index (χ0n) is 12.5. The van der Waals surface area contributed by atoms with Crippen LogP contribution < -0.4 is 5.73 Å². The molecule has 1 amide bonds. The Kier molecular flexibility index (Phi) is 3.87. The average Bonchev–Trinajstić information content (AvgIpc) is 2.41. The summed E-state index contributed by atoms with van der Waals surface area (Å²) in [5, 5.41) is 10.9. The maximum atomic E-state index is 12.6. The van der Waals surface area contributed by atoms with Crippen LogP contribution in [0.3, 0.4) is 0 Å². The Labute approximate surface area is 123 Å². The van der Waals surface area contributed by atoms with E-state index in [-0.39, 0.29) is 28.4 Å². The van der Waals surface area contributed by atoms with Crippen molar-refractivity contribution in [3.8, 4) is 0 Å². The maximum absolute atomic E-state index is 12.6. The van der Waals surface area contributed by atoms with Gasteiger partial charge in [0.05, 0.1) is 10.5 Å². The van der Waals surface area contributed by atoms with Crippen molar-refractivity contribution in [1.82, 2.24) is 9.80 Å². The van der Waals surface area contributed by atoms with Gasteiger partial charge in [0.2, 0.25) is 0 Å². The van der Waals surface area contributed by atoms with Crippen LogP contribution in [-0.4, -0.2) is 52.9 Å². The smallest absolute Gasteiger partial charge is 0.292 e. The highest BCUT2D eigenvalue weighted by Crippen LogP contribution is 2.27. The van der Waals surface area contributed by atoms with Gasteiger partial charge in [-0.15, -0.1) is 0 Å². The molecule has 0 aromatic heterocycles. The van der Waals surface area contributed by atoms with Crippen LogP contribution in [0.5, 0.6) is 0 Å². The standard InChI is InChI=1S/C14H20N4O3/c1-14(2)9-17(8-7-16(14)3)13(19)10-5-4-6-11(12(10)15)18(20)21/h4-6H,7-9,15H2,1-3H3. The molecule has 2 rings (SSSR count). The summed E-state index contributed by atoms with van der Waals surface area (Å²) in [5.74, 6) is -0.252. The minimum atomic E-state index is -0.569. The summed E-state index contributed by atoms with van der Waals surface area (Å²) < 4.78 is 0. The Morgan fingerprint density at radius 2 is 2.05 bits per heavy atom. The van der Waals surface area contributed by atoms with E-state index >= 15 is 0 Å². The number of carbonyl (C=O) groups is 1. The third kappa shape index (κ3) is 2.82. The summed E-state index contributed by atoms with van der Waals surface area (Å²) in [6, 6.07) is 4.33. The van der Waals surface area contributed by atoms with Crippen LogP contribution in [-0.2, 0) is 0 Å². The van der Waals surface area contributed by atoms with Crippen LogP contribution in [0.2, 0.25) is 0 Å². The second kappa shape index (κ2) is 5.33. The van der Waals surface area contributed by atoms with Crippen LogP contribution in [0, 0.1) is 10.1 Å². The molecule has 7 nitrogen and oxygen atoms in total. The molecule has 0 bridgehead atoms. The number of hydrogen-bond acceptors (Lipinski definition) is 5. The summed E-state index contributed by atoms with van der Waals surface area (Å²) >= 11 is 0. The Morgan fingerprint density at radius 1 is 1.38 bits per heavy atom. The lowest BCUT2D eigenvalue weighted by atomic mass is 9.98. The summed E-state index contributed by atoms with van der Waals surface area (Å²) in [6.07, 6.45) is 0. The third-order valence-corrected chi connectivity index (χ3v) is 4.11. The van der Waals surface area contributed by atoms with E-state index in [2.05, 4.69) is 18.7 Å². The highest BCUT2D eigenvalue weighted by atomic mass is 16.6. The molecule has 0 aliphatic carbocycles. The van der Waals surface area contributed by atoms with E-state index in [0.29, 0.717) is 13.1 Å². The van der Waals surface area contributed by atoms with Gasteiger partial charge in [0.15, 0.2) is 0 Å². The molecule has 0 atom stereocenters. The highest BCUT2D eigenvalue weighted by molar-refractivity contribution is 6.01. The number of nitro groups is 1. The molecule has 1 aliphatic rings. The molecule has 21 heavy (non-hydrogen) atoms. The third-order valence-electron chi connectivity index (χ3n) is 4.11. The maximum Gasteiger partial charge on any atom is 0.292 e. The minimum Gasteiger partial charge on any atom is -0.393 e. The van der Waals surface area contributed by atoms with Crippen LogP contribution in [0.25, 0.3) is 0 Å². The monoisotopic (exact) mass is 292 g/mol. The van der Waals surface area contributed by atoms with Gasteiger partial charge in [0.25, 0.3) is 11.6 Å². The topological polar surface area (TPSA) is 92.7 Å². The van der Waals surface area contributed by atoms with Crippen molar-refractivity contribution in [2.24, 2.45) is 0 Å². The van der Waals surface area contributed by atoms with Gasteiger partial charge < -0.3 is 10.6 Å². The lowest BCUT2D eigenvalue weighted by Crippen LogP contribution is -2.58. The molecule has 7 heteroatoms. The molecular formula is C14H20N4O3. The molecule has 2 N–H and O–H groups in total. The molecule has 1 aromatic rings. The fourth-order valence-electron chi connectivity index (χ4n) is 2.48. The quantitative estimate of drug-likeness (QED) is 0.504. The van der Waals surface area contributed by atoms with Gasteiger partial charge in [-0.2, -0.15) is 0 Å². The van der Waals surface area contributed by atoms with E-state index in [4.69, 9.17) is 5.73 Å². The van der Waals surface area contributed by atoms with E-state index in [9.17, 15) is 14.9 Å². The largest absolute Gasteiger partial charge is 0.393 e. The van der Waals surface area contributed by atoms with Crippen LogP contribution >= 0.6 is 0 Å². The molecule has 0 unspecified atom stereocenters. The van der Waals surface area contributed by atoms with Crippen molar-refractivity contribution in [1.29, 1.82) is 0 Å². The van der Waals surface area contributed by atoms with Crippen molar-refractivity contribution in [2.75, 3.05) is 32.4 Å². The molecule has 1 saturated heterocycles. The number of para-hydroxylation sites is 1. The van der Waals surface area contributed by atoms with Gasteiger partial charge in [-0.25, -0.2) is 0 Å². The van der Waals surface area contributed by atoms with Crippen LogP contribution in [0.4, 0.5) is 11.4 Å².